The molecule has 0 bridgehead atoms. The third kappa shape index (κ3) is 4.02. The van der Waals surface area contributed by atoms with Gasteiger partial charge in [0, 0.05) is 17.1 Å². The van der Waals surface area contributed by atoms with Crippen LogP contribution in [0.25, 0.3) is 0 Å². The van der Waals surface area contributed by atoms with E-state index in [0.717, 1.165) is 23.4 Å². The molecule has 1 unspecified atom stereocenters. The number of nitrogens with zero attached hydrogens (tertiary/aromatic N) is 2. The Morgan fingerprint density at radius 2 is 1.56 bits per heavy atom. The van der Waals surface area contributed by atoms with Crippen molar-refractivity contribution in [3.05, 3.63) is 101 Å². The first-order valence-corrected chi connectivity index (χ1v) is 9.53. The van der Waals surface area contributed by atoms with E-state index in [4.69, 9.17) is 28.9 Å². The van der Waals surface area contributed by atoms with Gasteiger partial charge in [-0.25, -0.2) is 5.01 Å². The molecule has 1 atom stereocenters. The lowest BCUT2D eigenvalue weighted by Crippen LogP contribution is -2.31. The van der Waals surface area contributed by atoms with Crippen molar-refractivity contribution in [2.75, 3.05) is 5.32 Å². The summed E-state index contributed by atoms with van der Waals surface area (Å²) in [5.41, 5.74) is 4.23. The highest BCUT2D eigenvalue weighted by Crippen LogP contribution is 2.33. The van der Waals surface area contributed by atoms with Crippen LogP contribution in [-0.2, 0) is 0 Å². The smallest absolute Gasteiger partial charge is 0.194 e. The number of anilines is 1. The molecule has 0 fully saturated rings. The van der Waals surface area contributed by atoms with Crippen LogP contribution in [0.15, 0.2) is 90.0 Å². The second-order valence-electron chi connectivity index (χ2n) is 6.32. The predicted octanol–water partition coefficient (Wildman–Crippen LogP) is 5.89. The quantitative estimate of drug-likeness (QED) is 0.564. The first kappa shape index (κ1) is 17.7. The molecule has 1 aliphatic rings. The van der Waals surface area contributed by atoms with E-state index in [1.165, 1.54) is 5.56 Å². The molecule has 3 nitrogen and oxygen atoms in total. The second-order valence-corrected chi connectivity index (χ2v) is 7.15. The highest BCUT2D eigenvalue weighted by Gasteiger charge is 2.31. The van der Waals surface area contributed by atoms with E-state index >= 15 is 0 Å². The SMILES string of the molecule is S=C(Nc1ccc(Cl)cc1)N1N=C(c2ccccc2)CC1c1ccccc1. The van der Waals surface area contributed by atoms with Gasteiger partial charge >= 0.3 is 0 Å². The molecule has 0 aliphatic carbocycles. The van der Waals surface area contributed by atoms with Gasteiger partial charge in [0.05, 0.1) is 11.8 Å². The third-order valence-corrected chi connectivity index (χ3v) is 5.05. The van der Waals surface area contributed by atoms with Gasteiger partial charge < -0.3 is 5.32 Å². The molecule has 3 aromatic carbocycles. The number of hydrogen-bond acceptors (Lipinski definition) is 2. The number of thiocarbonyl (C=S) groups is 1. The summed E-state index contributed by atoms with van der Waals surface area (Å²) in [6, 6.07) is 28.1. The molecule has 5 heteroatoms. The van der Waals surface area contributed by atoms with Gasteiger partial charge in [-0.3, -0.25) is 0 Å². The summed E-state index contributed by atoms with van der Waals surface area (Å²) in [6.07, 6.45) is 0.802. The van der Waals surface area contributed by atoms with Crippen molar-refractivity contribution in [2.24, 2.45) is 5.10 Å². The Morgan fingerprint density at radius 1 is 0.926 bits per heavy atom. The second kappa shape index (κ2) is 7.91. The fourth-order valence-electron chi connectivity index (χ4n) is 3.15. The van der Waals surface area contributed by atoms with E-state index in [0.29, 0.717) is 10.1 Å². The van der Waals surface area contributed by atoms with E-state index in [2.05, 4.69) is 29.6 Å². The van der Waals surface area contributed by atoms with E-state index in [-0.39, 0.29) is 6.04 Å². The molecular weight excluding hydrogens is 374 g/mol. The largest absolute Gasteiger partial charge is 0.331 e. The molecule has 1 aliphatic heterocycles. The number of halogens is 1. The average molecular weight is 392 g/mol. The lowest BCUT2D eigenvalue weighted by Gasteiger charge is -2.24. The summed E-state index contributed by atoms with van der Waals surface area (Å²) in [6.45, 7) is 0. The van der Waals surface area contributed by atoms with Gasteiger partial charge in [-0.15, -0.1) is 0 Å². The first-order chi connectivity index (χ1) is 13.2. The van der Waals surface area contributed by atoms with Crippen molar-refractivity contribution in [2.45, 2.75) is 12.5 Å². The molecule has 0 amide bonds. The Labute approximate surface area is 169 Å². The fraction of sp³-hybridized carbons (Fsp3) is 0.0909. The number of hydrogen-bond donors (Lipinski definition) is 1. The maximum absolute atomic E-state index is 5.97. The molecule has 27 heavy (non-hydrogen) atoms. The lowest BCUT2D eigenvalue weighted by atomic mass is 9.99. The Morgan fingerprint density at radius 3 is 2.22 bits per heavy atom. The molecule has 0 spiro atoms. The topological polar surface area (TPSA) is 27.6 Å². The Hall–Kier alpha value is -2.69. The zero-order valence-electron chi connectivity index (χ0n) is 14.5. The molecule has 0 saturated carbocycles. The Kier molecular flexibility index (Phi) is 5.19. The van der Waals surface area contributed by atoms with Crippen molar-refractivity contribution >= 4 is 40.3 Å². The van der Waals surface area contributed by atoms with Crippen LogP contribution < -0.4 is 5.32 Å². The van der Waals surface area contributed by atoms with Crippen LogP contribution in [0, 0.1) is 0 Å². The fourth-order valence-corrected chi connectivity index (χ4v) is 3.56. The van der Waals surface area contributed by atoms with Crippen LogP contribution in [0.5, 0.6) is 0 Å². The zero-order valence-corrected chi connectivity index (χ0v) is 16.1. The van der Waals surface area contributed by atoms with E-state index in [9.17, 15) is 0 Å². The molecule has 0 radical (unpaired) electrons. The molecule has 3 aromatic rings. The Balaban J connectivity index is 1.63. The monoisotopic (exact) mass is 391 g/mol. The molecule has 134 valence electrons. The minimum absolute atomic E-state index is 0.0636. The van der Waals surface area contributed by atoms with Crippen LogP contribution >= 0.6 is 23.8 Å². The summed E-state index contributed by atoms with van der Waals surface area (Å²) in [5, 5.41) is 11.3. The van der Waals surface area contributed by atoms with Gasteiger partial charge in [-0.2, -0.15) is 5.10 Å². The van der Waals surface area contributed by atoms with Gasteiger partial charge in [0.2, 0.25) is 0 Å². The van der Waals surface area contributed by atoms with Crippen molar-refractivity contribution < 1.29 is 0 Å². The summed E-state index contributed by atoms with van der Waals surface area (Å²) in [5.74, 6) is 0. The third-order valence-electron chi connectivity index (χ3n) is 4.51. The summed E-state index contributed by atoms with van der Waals surface area (Å²) < 4.78 is 0. The van der Waals surface area contributed by atoms with Gasteiger partial charge in [-0.05, 0) is 47.6 Å². The summed E-state index contributed by atoms with van der Waals surface area (Å²) in [7, 11) is 0. The van der Waals surface area contributed by atoms with Crippen LogP contribution in [-0.4, -0.2) is 15.8 Å². The van der Waals surface area contributed by atoms with Crippen LogP contribution in [0.2, 0.25) is 5.02 Å². The predicted molar refractivity (Wildman–Crippen MR) is 116 cm³/mol. The molecule has 1 N–H and O–H groups in total. The number of rotatable bonds is 3. The number of benzene rings is 3. The maximum atomic E-state index is 5.97. The van der Waals surface area contributed by atoms with Crippen molar-refractivity contribution in [3.8, 4) is 0 Å². The minimum Gasteiger partial charge on any atom is -0.331 e. The van der Waals surface area contributed by atoms with Crippen molar-refractivity contribution in [3.63, 3.8) is 0 Å². The van der Waals surface area contributed by atoms with E-state index in [1.54, 1.807) is 0 Å². The summed E-state index contributed by atoms with van der Waals surface area (Å²) in [4.78, 5) is 0. The van der Waals surface area contributed by atoms with Gasteiger partial charge in [-0.1, -0.05) is 72.3 Å². The van der Waals surface area contributed by atoms with Gasteiger partial charge in [0.15, 0.2) is 5.11 Å². The minimum atomic E-state index is 0.0636. The zero-order chi connectivity index (χ0) is 18.6. The molecule has 0 aromatic heterocycles. The van der Waals surface area contributed by atoms with Crippen molar-refractivity contribution in [1.82, 2.24) is 5.01 Å². The highest BCUT2D eigenvalue weighted by molar-refractivity contribution is 7.80. The van der Waals surface area contributed by atoms with Crippen LogP contribution in [0.1, 0.15) is 23.6 Å². The first-order valence-electron chi connectivity index (χ1n) is 8.74. The number of hydrazone groups is 1. The molecular formula is C22H18ClN3S. The van der Waals surface area contributed by atoms with Gasteiger partial charge in [0.25, 0.3) is 0 Å². The lowest BCUT2D eigenvalue weighted by molar-refractivity contribution is 0.375. The van der Waals surface area contributed by atoms with Crippen LogP contribution in [0.3, 0.4) is 0 Å². The molecule has 0 saturated heterocycles. The normalized spacial score (nSPS) is 16.1. The summed E-state index contributed by atoms with van der Waals surface area (Å²) >= 11 is 11.7. The average Bonchev–Trinajstić information content (AvgIpc) is 3.17. The van der Waals surface area contributed by atoms with Gasteiger partial charge in [0.1, 0.15) is 0 Å². The number of nitrogens with one attached hydrogen (secondary N) is 1. The molecule has 1 heterocycles. The van der Waals surface area contributed by atoms with E-state index < -0.39 is 0 Å². The van der Waals surface area contributed by atoms with Crippen molar-refractivity contribution in [1.29, 1.82) is 0 Å². The molecule has 4 rings (SSSR count). The highest BCUT2D eigenvalue weighted by atomic mass is 35.5. The Bertz CT molecular complexity index is 956. The van der Waals surface area contributed by atoms with E-state index in [1.807, 2.05) is 65.7 Å². The maximum Gasteiger partial charge on any atom is 0.194 e. The standard InChI is InChI=1S/C22H18ClN3S/c23-18-11-13-19(14-12-18)24-22(27)26-21(17-9-5-2-6-10-17)15-20(25-26)16-7-3-1-4-8-16/h1-14,21H,15H2,(H,24,27). The van der Waals surface area contributed by atoms with Crippen LogP contribution in [0.4, 0.5) is 5.69 Å².